The molecular formula is C16H19BrN2OS. The molecule has 1 saturated carbocycles. The van der Waals surface area contributed by atoms with E-state index >= 15 is 0 Å². The monoisotopic (exact) mass is 366 g/mol. The van der Waals surface area contributed by atoms with E-state index in [-0.39, 0.29) is 0 Å². The minimum Gasteiger partial charge on any atom is -0.487 e. The van der Waals surface area contributed by atoms with E-state index in [0.29, 0.717) is 12.6 Å². The predicted molar refractivity (Wildman–Crippen MR) is 89.8 cm³/mol. The van der Waals surface area contributed by atoms with Crippen molar-refractivity contribution >= 4 is 27.3 Å². The molecule has 112 valence electrons. The van der Waals surface area contributed by atoms with E-state index in [1.807, 2.05) is 12.1 Å². The Morgan fingerprint density at radius 1 is 1.43 bits per heavy atom. The summed E-state index contributed by atoms with van der Waals surface area (Å²) < 4.78 is 7.06. The zero-order chi connectivity index (χ0) is 14.7. The van der Waals surface area contributed by atoms with E-state index in [1.54, 1.807) is 11.3 Å². The number of nitrogens with zero attached hydrogens (tertiary/aromatic N) is 1. The number of hydrogen-bond acceptors (Lipinski definition) is 4. The van der Waals surface area contributed by atoms with Gasteiger partial charge < -0.3 is 10.1 Å². The van der Waals surface area contributed by atoms with Gasteiger partial charge in [0.15, 0.2) is 0 Å². The minimum atomic E-state index is 0.536. The number of hydrogen-bond donors (Lipinski definition) is 1. The van der Waals surface area contributed by atoms with E-state index in [0.717, 1.165) is 28.9 Å². The van der Waals surface area contributed by atoms with Crippen LogP contribution >= 0.6 is 27.3 Å². The largest absolute Gasteiger partial charge is 0.487 e. The average molecular weight is 367 g/mol. The second-order valence-electron chi connectivity index (χ2n) is 5.28. The van der Waals surface area contributed by atoms with Crippen LogP contribution in [-0.2, 0) is 19.6 Å². The Hall–Kier alpha value is -0.910. The summed E-state index contributed by atoms with van der Waals surface area (Å²) in [5.74, 6) is 0.942. The molecule has 0 aliphatic heterocycles. The number of ether oxygens (including phenoxy) is 1. The molecule has 5 heteroatoms. The van der Waals surface area contributed by atoms with Gasteiger partial charge in [0, 0.05) is 28.0 Å². The summed E-state index contributed by atoms with van der Waals surface area (Å²) in [5.41, 5.74) is 2.21. The molecule has 3 rings (SSSR count). The molecule has 2 aromatic rings. The Kier molecular flexibility index (Phi) is 4.93. The van der Waals surface area contributed by atoms with Crippen molar-refractivity contribution in [1.29, 1.82) is 0 Å². The molecule has 1 aliphatic rings. The Labute approximate surface area is 137 Å². The standard InChI is InChI=1S/C16H19BrN2OS/c1-2-16-19-14(10-21-16)9-20-15-6-3-12(17)7-11(15)8-18-13-4-5-13/h3,6-7,10,13,18H,2,4-5,8-9H2,1H3. The second kappa shape index (κ2) is 6.90. The third-order valence-electron chi connectivity index (χ3n) is 3.46. The van der Waals surface area contributed by atoms with Gasteiger partial charge in [0.25, 0.3) is 0 Å². The minimum absolute atomic E-state index is 0.536. The normalized spacial score (nSPS) is 14.4. The number of thiazole rings is 1. The number of nitrogens with one attached hydrogen (secondary N) is 1. The van der Waals surface area contributed by atoms with Crippen LogP contribution in [0.4, 0.5) is 0 Å². The topological polar surface area (TPSA) is 34.1 Å². The first-order valence-electron chi connectivity index (χ1n) is 7.32. The lowest BCUT2D eigenvalue weighted by molar-refractivity contribution is 0.298. The van der Waals surface area contributed by atoms with Crippen LogP contribution < -0.4 is 10.1 Å². The fourth-order valence-electron chi connectivity index (χ4n) is 2.10. The molecule has 1 heterocycles. The zero-order valence-electron chi connectivity index (χ0n) is 12.1. The average Bonchev–Trinajstić information content (AvgIpc) is 3.21. The van der Waals surface area contributed by atoms with Gasteiger partial charge in [-0.2, -0.15) is 0 Å². The van der Waals surface area contributed by atoms with E-state index in [9.17, 15) is 0 Å². The van der Waals surface area contributed by atoms with Crippen LogP contribution in [0.1, 0.15) is 36.0 Å². The van der Waals surface area contributed by atoms with Gasteiger partial charge in [-0.1, -0.05) is 22.9 Å². The highest BCUT2D eigenvalue weighted by Gasteiger charge is 2.20. The third-order valence-corrected chi connectivity index (χ3v) is 4.99. The summed E-state index contributed by atoms with van der Waals surface area (Å²) >= 11 is 5.24. The van der Waals surface area contributed by atoms with Gasteiger partial charge in [-0.15, -0.1) is 11.3 Å². The van der Waals surface area contributed by atoms with Crippen LogP contribution in [0.15, 0.2) is 28.1 Å². The lowest BCUT2D eigenvalue weighted by atomic mass is 10.2. The molecule has 1 fully saturated rings. The number of aryl methyl sites for hydroxylation is 1. The summed E-state index contributed by atoms with van der Waals surface area (Å²) in [4.78, 5) is 4.54. The van der Waals surface area contributed by atoms with Crippen LogP contribution in [0.25, 0.3) is 0 Å². The summed E-state index contributed by atoms with van der Waals surface area (Å²) in [5, 5.41) is 6.79. The van der Waals surface area contributed by atoms with Gasteiger partial charge >= 0.3 is 0 Å². The number of rotatable bonds is 7. The highest BCUT2D eigenvalue weighted by atomic mass is 79.9. The molecule has 21 heavy (non-hydrogen) atoms. The van der Waals surface area contributed by atoms with Crippen molar-refractivity contribution in [3.63, 3.8) is 0 Å². The molecule has 0 spiro atoms. The molecule has 1 aliphatic carbocycles. The van der Waals surface area contributed by atoms with Gasteiger partial charge in [0.1, 0.15) is 12.4 Å². The van der Waals surface area contributed by atoms with Gasteiger partial charge in [0.05, 0.1) is 10.7 Å². The quantitative estimate of drug-likeness (QED) is 0.792. The van der Waals surface area contributed by atoms with Crippen molar-refractivity contribution in [3.05, 3.63) is 44.3 Å². The maximum absolute atomic E-state index is 5.97. The fraction of sp³-hybridized carbons (Fsp3) is 0.438. The van der Waals surface area contributed by atoms with Gasteiger partial charge in [0.2, 0.25) is 0 Å². The first-order valence-corrected chi connectivity index (χ1v) is 8.99. The molecule has 0 radical (unpaired) electrons. The molecule has 3 nitrogen and oxygen atoms in total. The highest BCUT2D eigenvalue weighted by molar-refractivity contribution is 9.10. The van der Waals surface area contributed by atoms with Crippen LogP contribution in [-0.4, -0.2) is 11.0 Å². The summed E-state index contributed by atoms with van der Waals surface area (Å²) in [7, 11) is 0. The number of aromatic nitrogens is 1. The summed E-state index contributed by atoms with van der Waals surface area (Å²) in [6.45, 7) is 3.52. The maximum Gasteiger partial charge on any atom is 0.131 e. The summed E-state index contributed by atoms with van der Waals surface area (Å²) in [6.07, 6.45) is 3.57. The van der Waals surface area contributed by atoms with Crippen molar-refractivity contribution in [3.8, 4) is 5.75 Å². The molecule has 0 amide bonds. The first-order chi connectivity index (χ1) is 10.2. The molecule has 1 N–H and O–H groups in total. The van der Waals surface area contributed by atoms with E-state index in [2.05, 4.69) is 44.6 Å². The second-order valence-corrected chi connectivity index (χ2v) is 7.14. The van der Waals surface area contributed by atoms with Crippen molar-refractivity contribution in [2.75, 3.05) is 0 Å². The molecule has 1 aromatic carbocycles. The van der Waals surface area contributed by atoms with Crippen molar-refractivity contribution in [2.45, 2.75) is 45.4 Å². The van der Waals surface area contributed by atoms with Crippen LogP contribution in [0.2, 0.25) is 0 Å². The highest BCUT2D eigenvalue weighted by Crippen LogP contribution is 2.26. The van der Waals surface area contributed by atoms with Crippen molar-refractivity contribution in [2.24, 2.45) is 0 Å². The molecule has 0 bridgehead atoms. The van der Waals surface area contributed by atoms with Crippen molar-refractivity contribution < 1.29 is 4.74 Å². The molecule has 0 atom stereocenters. The number of benzene rings is 1. The van der Waals surface area contributed by atoms with Crippen LogP contribution in [0.5, 0.6) is 5.75 Å². The summed E-state index contributed by atoms with van der Waals surface area (Å²) in [6, 6.07) is 6.88. The Morgan fingerprint density at radius 2 is 2.29 bits per heavy atom. The lowest BCUT2D eigenvalue weighted by Crippen LogP contribution is -2.16. The van der Waals surface area contributed by atoms with Crippen molar-refractivity contribution in [1.82, 2.24) is 10.3 Å². The van der Waals surface area contributed by atoms with E-state index in [1.165, 1.54) is 23.4 Å². The van der Waals surface area contributed by atoms with Crippen LogP contribution in [0, 0.1) is 0 Å². The Balaban J connectivity index is 1.65. The predicted octanol–water partition coefficient (Wildman–Crippen LogP) is 4.30. The van der Waals surface area contributed by atoms with Gasteiger partial charge in [-0.25, -0.2) is 4.98 Å². The SMILES string of the molecule is CCc1nc(COc2ccc(Br)cc2CNC2CC2)cs1. The molecule has 0 saturated heterocycles. The third kappa shape index (κ3) is 4.28. The lowest BCUT2D eigenvalue weighted by Gasteiger charge is -2.12. The van der Waals surface area contributed by atoms with E-state index < -0.39 is 0 Å². The maximum atomic E-state index is 5.97. The zero-order valence-corrected chi connectivity index (χ0v) is 14.5. The first kappa shape index (κ1) is 15.0. The molecule has 1 aromatic heterocycles. The van der Waals surface area contributed by atoms with Gasteiger partial charge in [-0.05, 0) is 37.5 Å². The Bertz CT molecular complexity index is 610. The molecular weight excluding hydrogens is 348 g/mol. The van der Waals surface area contributed by atoms with Crippen LogP contribution in [0.3, 0.4) is 0 Å². The fourth-order valence-corrected chi connectivity index (χ4v) is 3.24. The smallest absolute Gasteiger partial charge is 0.131 e. The number of halogens is 1. The molecule has 0 unspecified atom stereocenters. The Morgan fingerprint density at radius 3 is 3.00 bits per heavy atom. The van der Waals surface area contributed by atoms with E-state index in [4.69, 9.17) is 4.74 Å². The van der Waals surface area contributed by atoms with Gasteiger partial charge in [-0.3, -0.25) is 0 Å².